The monoisotopic (exact) mass is 336 g/mol. The normalized spacial score (nSPS) is 17.8. The minimum atomic E-state index is -0.260. The van der Waals surface area contributed by atoms with Crippen molar-refractivity contribution in [2.24, 2.45) is 0 Å². The maximum atomic E-state index is 12.9. The number of aromatic amines is 1. The zero-order valence-corrected chi connectivity index (χ0v) is 14.0. The molecule has 0 spiro atoms. The minimum absolute atomic E-state index is 0.0230. The lowest BCUT2D eigenvalue weighted by atomic mass is 10.1. The maximum absolute atomic E-state index is 12.9. The van der Waals surface area contributed by atoms with Crippen LogP contribution >= 0.6 is 0 Å². The number of fused-ring (bicyclic) bond motifs is 1. The van der Waals surface area contributed by atoms with Crippen LogP contribution in [0.5, 0.6) is 0 Å². The molecule has 0 bridgehead atoms. The van der Waals surface area contributed by atoms with Crippen molar-refractivity contribution in [3.8, 4) is 0 Å². The van der Waals surface area contributed by atoms with Crippen LogP contribution in [0.3, 0.4) is 0 Å². The van der Waals surface area contributed by atoms with Crippen molar-refractivity contribution < 1.29 is 9.53 Å². The molecule has 4 rings (SSSR count). The minimum Gasteiger partial charge on any atom is -0.399 e. The van der Waals surface area contributed by atoms with Gasteiger partial charge in [-0.3, -0.25) is 9.78 Å². The summed E-state index contributed by atoms with van der Waals surface area (Å²) in [5.41, 5.74) is 9.74. The number of morpholine rings is 1. The fourth-order valence-corrected chi connectivity index (χ4v) is 3.26. The number of aromatic nitrogens is 2. The Labute approximate surface area is 145 Å². The van der Waals surface area contributed by atoms with Crippen molar-refractivity contribution in [1.29, 1.82) is 0 Å². The van der Waals surface area contributed by atoms with Gasteiger partial charge < -0.3 is 20.4 Å². The van der Waals surface area contributed by atoms with E-state index >= 15 is 0 Å². The number of nitrogens with one attached hydrogen (secondary N) is 1. The number of para-hydroxylation sites is 1. The molecule has 1 aromatic carbocycles. The van der Waals surface area contributed by atoms with Crippen LogP contribution in [0.15, 0.2) is 42.5 Å². The molecule has 3 N–H and O–H groups in total. The van der Waals surface area contributed by atoms with E-state index in [4.69, 9.17) is 10.5 Å². The average molecular weight is 336 g/mol. The lowest BCUT2D eigenvalue weighted by molar-refractivity contribution is -0.0249. The van der Waals surface area contributed by atoms with Crippen molar-refractivity contribution in [2.75, 3.05) is 25.4 Å². The molecular formula is C19H20N4O2. The Morgan fingerprint density at radius 2 is 2.16 bits per heavy atom. The van der Waals surface area contributed by atoms with E-state index in [0.29, 0.717) is 31.1 Å². The van der Waals surface area contributed by atoms with E-state index in [9.17, 15) is 4.79 Å². The van der Waals surface area contributed by atoms with E-state index in [1.807, 2.05) is 49.4 Å². The Morgan fingerprint density at radius 3 is 2.96 bits per heavy atom. The van der Waals surface area contributed by atoms with E-state index in [1.165, 1.54) is 0 Å². The summed E-state index contributed by atoms with van der Waals surface area (Å²) in [5.74, 6) is -0.0230. The number of aryl methyl sites for hydroxylation is 1. The zero-order valence-electron chi connectivity index (χ0n) is 14.0. The molecule has 128 valence electrons. The molecular weight excluding hydrogens is 316 g/mol. The number of nitrogens with zero attached hydrogens (tertiary/aromatic N) is 2. The molecule has 1 atom stereocenters. The second-order valence-electron chi connectivity index (χ2n) is 6.35. The molecule has 1 amide bonds. The van der Waals surface area contributed by atoms with Crippen molar-refractivity contribution >= 4 is 22.5 Å². The van der Waals surface area contributed by atoms with E-state index in [-0.39, 0.29) is 12.0 Å². The molecule has 3 heterocycles. The summed E-state index contributed by atoms with van der Waals surface area (Å²) in [7, 11) is 0. The Morgan fingerprint density at radius 1 is 1.32 bits per heavy atom. The maximum Gasteiger partial charge on any atom is 0.270 e. The standard InChI is InChI=1S/C19H20N4O2/c1-12-8-14(20)10-16(21-12)18-11-23(6-7-25-18)19(24)17-9-13-4-2-3-5-15(13)22-17/h2-5,8-10,18,22H,6-7,11H2,1H3,(H2,20,21)/t18-/m0/s1. The summed E-state index contributed by atoms with van der Waals surface area (Å²) < 4.78 is 5.83. The Bertz CT molecular complexity index is 881. The number of carbonyl (C=O) groups is 1. The molecule has 1 aliphatic rings. The van der Waals surface area contributed by atoms with Crippen molar-refractivity contribution in [1.82, 2.24) is 14.9 Å². The molecule has 25 heavy (non-hydrogen) atoms. The van der Waals surface area contributed by atoms with E-state index < -0.39 is 0 Å². The van der Waals surface area contributed by atoms with Gasteiger partial charge in [-0.1, -0.05) is 18.2 Å². The smallest absolute Gasteiger partial charge is 0.270 e. The van der Waals surface area contributed by atoms with Gasteiger partial charge in [-0.05, 0) is 31.2 Å². The first-order chi connectivity index (χ1) is 12.1. The Hall–Kier alpha value is -2.86. The fourth-order valence-electron chi connectivity index (χ4n) is 3.26. The van der Waals surface area contributed by atoms with Crippen molar-refractivity contribution in [3.05, 3.63) is 59.5 Å². The van der Waals surface area contributed by atoms with Crippen LogP contribution in [-0.4, -0.2) is 40.5 Å². The van der Waals surface area contributed by atoms with Gasteiger partial charge in [0.15, 0.2) is 0 Å². The van der Waals surface area contributed by atoms with Crippen molar-refractivity contribution in [3.63, 3.8) is 0 Å². The quantitative estimate of drug-likeness (QED) is 0.753. The molecule has 0 radical (unpaired) electrons. The number of anilines is 1. The number of hydrogen-bond acceptors (Lipinski definition) is 4. The molecule has 0 aliphatic carbocycles. The summed E-state index contributed by atoms with van der Waals surface area (Å²) in [6.07, 6.45) is -0.260. The predicted octanol–water partition coefficient (Wildman–Crippen LogP) is 2.67. The lowest BCUT2D eigenvalue weighted by Crippen LogP contribution is -2.42. The molecule has 6 nitrogen and oxygen atoms in total. The molecule has 0 saturated carbocycles. The van der Waals surface area contributed by atoms with Crippen LogP contribution in [-0.2, 0) is 4.74 Å². The molecule has 0 unspecified atom stereocenters. The van der Waals surface area contributed by atoms with Gasteiger partial charge in [0.2, 0.25) is 0 Å². The van der Waals surface area contributed by atoms with Crippen LogP contribution in [0.4, 0.5) is 5.69 Å². The number of ether oxygens (including phenoxy) is 1. The Kier molecular flexibility index (Phi) is 3.89. The largest absolute Gasteiger partial charge is 0.399 e. The Balaban J connectivity index is 1.57. The number of carbonyl (C=O) groups excluding carboxylic acids is 1. The van der Waals surface area contributed by atoms with Gasteiger partial charge in [-0.2, -0.15) is 0 Å². The lowest BCUT2D eigenvalue weighted by Gasteiger charge is -2.32. The third-order valence-corrected chi connectivity index (χ3v) is 4.44. The first-order valence-corrected chi connectivity index (χ1v) is 8.33. The molecule has 6 heteroatoms. The molecule has 2 aromatic heterocycles. The number of H-pyrrole nitrogens is 1. The summed E-state index contributed by atoms with van der Waals surface area (Å²) in [4.78, 5) is 22.4. The van der Waals surface area contributed by atoms with Crippen LogP contribution in [0.2, 0.25) is 0 Å². The number of amides is 1. The second kappa shape index (κ2) is 6.22. The van der Waals surface area contributed by atoms with E-state index in [1.54, 1.807) is 4.90 Å². The number of hydrogen-bond donors (Lipinski definition) is 2. The molecule has 1 saturated heterocycles. The van der Waals surface area contributed by atoms with Gasteiger partial charge in [0.25, 0.3) is 5.91 Å². The highest BCUT2D eigenvalue weighted by Crippen LogP contribution is 2.24. The number of pyridine rings is 1. The van der Waals surface area contributed by atoms with Gasteiger partial charge >= 0.3 is 0 Å². The van der Waals surface area contributed by atoms with Crippen molar-refractivity contribution in [2.45, 2.75) is 13.0 Å². The third kappa shape index (κ3) is 3.08. The summed E-state index contributed by atoms with van der Waals surface area (Å²) in [6.45, 7) is 3.40. The highest BCUT2D eigenvalue weighted by atomic mass is 16.5. The third-order valence-electron chi connectivity index (χ3n) is 4.44. The zero-order chi connectivity index (χ0) is 17.4. The van der Waals surface area contributed by atoms with Gasteiger partial charge in [0, 0.05) is 28.8 Å². The highest BCUT2D eigenvalue weighted by molar-refractivity contribution is 5.98. The van der Waals surface area contributed by atoms with Gasteiger partial charge in [0.1, 0.15) is 11.8 Å². The van der Waals surface area contributed by atoms with E-state index in [2.05, 4.69) is 9.97 Å². The molecule has 3 aromatic rings. The van der Waals surface area contributed by atoms with Crippen LogP contribution in [0.25, 0.3) is 10.9 Å². The first-order valence-electron chi connectivity index (χ1n) is 8.33. The SMILES string of the molecule is Cc1cc(N)cc([C@@H]2CN(C(=O)c3cc4ccccc4[nH]3)CCO2)n1. The summed E-state index contributed by atoms with van der Waals surface area (Å²) in [5, 5.41) is 1.03. The predicted molar refractivity (Wildman–Crippen MR) is 96.3 cm³/mol. The van der Waals surface area contributed by atoms with Gasteiger partial charge in [0.05, 0.1) is 18.8 Å². The second-order valence-corrected chi connectivity index (χ2v) is 6.35. The molecule has 1 fully saturated rings. The topological polar surface area (TPSA) is 84.2 Å². The number of nitrogens with two attached hydrogens (primary N) is 1. The van der Waals surface area contributed by atoms with E-state index in [0.717, 1.165) is 22.3 Å². The number of benzene rings is 1. The number of nitrogen functional groups attached to an aromatic ring is 1. The summed E-state index contributed by atoms with van der Waals surface area (Å²) >= 11 is 0. The van der Waals surface area contributed by atoms with Crippen LogP contribution in [0.1, 0.15) is 28.0 Å². The first kappa shape index (κ1) is 15.7. The number of rotatable bonds is 2. The molecule has 1 aliphatic heterocycles. The van der Waals surface area contributed by atoms with Gasteiger partial charge in [-0.15, -0.1) is 0 Å². The van der Waals surface area contributed by atoms with Crippen LogP contribution in [0, 0.1) is 6.92 Å². The fraction of sp³-hybridized carbons (Fsp3) is 0.263. The van der Waals surface area contributed by atoms with Gasteiger partial charge in [-0.25, -0.2) is 0 Å². The average Bonchev–Trinajstić information content (AvgIpc) is 3.04. The highest BCUT2D eigenvalue weighted by Gasteiger charge is 2.28. The summed E-state index contributed by atoms with van der Waals surface area (Å²) in [6, 6.07) is 13.4. The van der Waals surface area contributed by atoms with Crippen LogP contribution < -0.4 is 5.73 Å².